The van der Waals surface area contributed by atoms with Gasteiger partial charge in [-0.05, 0) is 80.0 Å². The van der Waals surface area contributed by atoms with Crippen molar-refractivity contribution in [2.75, 3.05) is 25.5 Å². The minimum atomic E-state index is 0.0620. The fourth-order valence-corrected chi connectivity index (χ4v) is 3.75. The molecule has 1 fully saturated rings. The number of aromatic nitrogens is 2. The lowest BCUT2D eigenvalue weighted by Crippen LogP contribution is -2.30. The number of amides is 1. The first-order valence-corrected chi connectivity index (χ1v) is 8.82. The molecular formula is C16H21IN4O. The number of benzene rings is 1. The molecule has 0 bridgehead atoms. The standard InChI is InChI=1S/C16H21IN4O/c1-21-9-7-11(8-10-21)5-6-14(22)18-16-15-12(17)3-2-4-13(15)19-20-16/h2-4,11H,5-10H2,1H3,(H2,18,19,20,22). The molecule has 1 aromatic heterocycles. The smallest absolute Gasteiger partial charge is 0.225 e. The van der Waals surface area contributed by atoms with E-state index in [-0.39, 0.29) is 5.91 Å². The molecule has 1 aliphatic heterocycles. The van der Waals surface area contributed by atoms with E-state index in [9.17, 15) is 4.79 Å². The third kappa shape index (κ3) is 3.60. The van der Waals surface area contributed by atoms with Crippen LogP contribution in [0.5, 0.6) is 0 Å². The largest absolute Gasteiger partial charge is 0.309 e. The van der Waals surface area contributed by atoms with Crippen LogP contribution in [0.15, 0.2) is 18.2 Å². The first-order valence-electron chi connectivity index (χ1n) is 7.74. The van der Waals surface area contributed by atoms with Crippen molar-refractivity contribution < 1.29 is 4.79 Å². The lowest BCUT2D eigenvalue weighted by Gasteiger charge is -2.28. The van der Waals surface area contributed by atoms with Crippen LogP contribution in [0.3, 0.4) is 0 Å². The summed E-state index contributed by atoms with van der Waals surface area (Å²) in [7, 11) is 2.16. The van der Waals surface area contributed by atoms with Gasteiger partial charge in [-0.1, -0.05) is 6.07 Å². The number of halogens is 1. The summed E-state index contributed by atoms with van der Waals surface area (Å²) in [6.07, 6.45) is 3.95. The van der Waals surface area contributed by atoms with Gasteiger partial charge in [0.1, 0.15) is 0 Å². The SMILES string of the molecule is CN1CCC(CCC(=O)Nc2n[nH]c3cccc(I)c23)CC1. The number of H-pyrrole nitrogens is 1. The Labute approximate surface area is 144 Å². The van der Waals surface area contributed by atoms with E-state index in [1.807, 2.05) is 18.2 Å². The number of nitrogens with zero attached hydrogens (tertiary/aromatic N) is 2. The van der Waals surface area contributed by atoms with Crippen LogP contribution in [0.2, 0.25) is 0 Å². The van der Waals surface area contributed by atoms with Crippen LogP contribution in [-0.4, -0.2) is 41.1 Å². The van der Waals surface area contributed by atoms with E-state index < -0.39 is 0 Å². The Hall–Kier alpha value is -1.15. The summed E-state index contributed by atoms with van der Waals surface area (Å²) in [5.74, 6) is 1.39. The lowest BCUT2D eigenvalue weighted by molar-refractivity contribution is -0.116. The molecule has 0 spiro atoms. The van der Waals surface area contributed by atoms with Crippen LogP contribution in [0.1, 0.15) is 25.7 Å². The van der Waals surface area contributed by atoms with E-state index in [2.05, 4.69) is 50.1 Å². The predicted molar refractivity (Wildman–Crippen MR) is 96.9 cm³/mol. The second kappa shape index (κ2) is 6.95. The van der Waals surface area contributed by atoms with Crippen LogP contribution in [-0.2, 0) is 4.79 Å². The van der Waals surface area contributed by atoms with Crippen LogP contribution in [0.25, 0.3) is 10.9 Å². The summed E-state index contributed by atoms with van der Waals surface area (Å²) in [5, 5.41) is 11.2. The van der Waals surface area contributed by atoms with Gasteiger partial charge < -0.3 is 10.2 Å². The molecule has 2 aromatic rings. The Morgan fingerprint density at radius 2 is 2.23 bits per heavy atom. The quantitative estimate of drug-likeness (QED) is 0.759. The van der Waals surface area contributed by atoms with Crippen molar-refractivity contribution in [1.82, 2.24) is 15.1 Å². The van der Waals surface area contributed by atoms with Crippen molar-refractivity contribution in [3.05, 3.63) is 21.8 Å². The molecule has 0 aliphatic carbocycles. The molecule has 2 heterocycles. The number of carbonyl (C=O) groups is 1. The highest BCUT2D eigenvalue weighted by Gasteiger charge is 2.18. The Morgan fingerprint density at radius 1 is 1.45 bits per heavy atom. The molecule has 1 amide bonds. The molecule has 118 valence electrons. The highest BCUT2D eigenvalue weighted by atomic mass is 127. The average Bonchev–Trinajstić information content (AvgIpc) is 2.91. The van der Waals surface area contributed by atoms with Gasteiger partial charge in [-0.25, -0.2) is 0 Å². The van der Waals surface area contributed by atoms with Gasteiger partial charge >= 0.3 is 0 Å². The molecule has 1 aliphatic rings. The topological polar surface area (TPSA) is 61.0 Å². The third-order valence-corrected chi connectivity index (χ3v) is 5.31. The lowest BCUT2D eigenvalue weighted by atomic mass is 9.92. The maximum absolute atomic E-state index is 12.2. The zero-order valence-electron chi connectivity index (χ0n) is 12.7. The highest BCUT2D eigenvalue weighted by molar-refractivity contribution is 14.1. The number of anilines is 1. The first kappa shape index (κ1) is 15.7. The van der Waals surface area contributed by atoms with Crippen LogP contribution < -0.4 is 5.32 Å². The van der Waals surface area contributed by atoms with Crippen molar-refractivity contribution in [2.24, 2.45) is 5.92 Å². The molecule has 5 nitrogen and oxygen atoms in total. The van der Waals surface area contributed by atoms with Crippen molar-refractivity contribution >= 4 is 45.2 Å². The van der Waals surface area contributed by atoms with Crippen molar-refractivity contribution in [3.63, 3.8) is 0 Å². The molecule has 3 rings (SSSR count). The zero-order chi connectivity index (χ0) is 15.5. The maximum Gasteiger partial charge on any atom is 0.225 e. The minimum absolute atomic E-state index is 0.0620. The molecule has 0 unspecified atom stereocenters. The summed E-state index contributed by atoms with van der Waals surface area (Å²) in [6.45, 7) is 2.29. The normalized spacial score (nSPS) is 17.0. The van der Waals surface area contributed by atoms with Crippen LogP contribution in [0.4, 0.5) is 5.82 Å². The van der Waals surface area contributed by atoms with Gasteiger partial charge in [0.15, 0.2) is 5.82 Å². The summed E-state index contributed by atoms with van der Waals surface area (Å²) < 4.78 is 1.09. The highest BCUT2D eigenvalue weighted by Crippen LogP contribution is 2.26. The molecule has 2 N–H and O–H groups in total. The Bertz CT molecular complexity index is 661. The Kier molecular flexibility index (Phi) is 4.97. The summed E-state index contributed by atoms with van der Waals surface area (Å²) >= 11 is 2.27. The van der Waals surface area contributed by atoms with Crippen molar-refractivity contribution in [3.8, 4) is 0 Å². The van der Waals surface area contributed by atoms with Crippen molar-refractivity contribution in [1.29, 1.82) is 0 Å². The van der Waals surface area contributed by atoms with Gasteiger partial charge in [0.2, 0.25) is 5.91 Å². The molecular weight excluding hydrogens is 391 g/mol. The number of nitrogens with one attached hydrogen (secondary N) is 2. The summed E-state index contributed by atoms with van der Waals surface area (Å²) in [4.78, 5) is 14.6. The van der Waals surface area contributed by atoms with E-state index in [4.69, 9.17) is 0 Å². The number of carbonyl (C=O) groups excluding carboxylic acids is 1. The molecule has 1 aromatic carbocycles. The Balaban J connectivity index is 1.57. The molecule has 0 saturated carbocycles. The molecule has 6 heteroatoms. The average molecular weight is 412 g/mol. The fourth-order valence-electron chi connectivity index (χ4n) is 3.00. The van der Waals surface area contributed by atoms with E-state index in [1.54, 1.807) is 0 Å². The fraction of sp³-hybridized carbons (Fsp3) is 0.500. The molecule has 0 atom stereocenters. The monoisotopic (exact) mass is 412 g/mol. The van der Waals surface area contributed by atoms with E-state index in [0.717, 1.165) is 34.0 Å². The minimum Gasteiger partial charge on any atom is -0.309 e. The number of aromatic amines is 1. The number of rotatable bonds is 4. The molecule has 22 heavy (non-hydrogen) atoms. The van der Waals surface area contributed by atoms with E-state index >= 15 is 0 Å². The summed E-state index contributed by atoms with van der Waals surface area (Å²) in [6, 6.07) is 5.97. The number of fused-ring (bicyclic) bond motifs is 1. The zero-order valence-corrected chi connectivity index (χ0v) is 14.9. The first-order chi connectivity index (χ1) is 10.6. The number of piperidine rings is 1. The summed E-state index contributed by atoms with van der Waals surface area (Å²) in [5.41, 5.74) is 0.956. The van der Waals surface area contributed by atoms with Crippen molar-refractivity contribution in [2.45, 2.75) is 25.7 Å². The number of likely N-dealkylation sites (tertiary alicyclic amines) is 1. The van der Waals surface area contributed by atoms with Gasteiger partial charge in [-0.15, -0.1) is 0 Å². The van der Waals surface area contributed by atoms with Gasteiger partial charge in [0.25, 0.3) is 0 Å². The Morgan fingerprint density at radius 3 is 3.00 bits per heavy atom. The number of hydrogen-bond donors (Lipinski definition) is 2. The maximum atomic E-state index is 12.2. The third-order valence-electron chi connectivity index (χ3n) is 4.41. The van der Waals surface area contributed by atoms with Gasteiger partial charge in [-0.3, -0.25) is 9.89 Å². The second-order valence-corrected chi connectivity index (χ2v) is 7.23. The van der Waals surface area contributed by atoms with E-state index in [0.29, 0.717) is 18.2 Å². The second-order valence-electron chi connectivity index (χ2n) is 6.07. The van der Waals surface area contributed by atoms with Gasteiger partial charge in [0.05, 0.1) is 10.9 Å². The van der Waals surface area contributed by atoms with Crippen LogP contribution in [0, 0.1) is 9.49 Å². The van der Waals surface area contributed by atoms with Crippen LogP contribution >= 0.6 is 22.6 Å². The van der Waals surface area contributed by atoms with Gasteiger partial charge in [-0.2, -0.15) is 5.10 Å². The number of hydrogen-bond acceptors (Lipinski definition) is 3. The molecule has 0 radical (unpaired) electrons. The molecule has 1 saturated heterocycles. The van der Waals surface area contributed by atoms with Gasteiger partial charge in [0, 0.05) is 9.99 Å². The van der Waals surface area contributed by atoms with E-state index in [1.165, 1.54) is 12.8 Å². The predicted octanol–water partition coefficient (Wildman–Crippen LogP) is 3.23.